The van der Waals surface area contributed by atoms with Gasteiger partial charge in [-0.3, -0.25) is 4.79 Å². The molecule has 0 aliphatic rings. The SMILES string of the molecule is O=C(CCS(=O)(=O)c1ccccc1)NCc1ccc(CNc2cc(-c3ccccc3Cl)nc3c(Br)cnn23)cc1. The fourth-order valence-electron chi connectivity index (χ4n) is 4.10. The Kier molecular flexibility index (Phi) is 8.49. The Balaban J connectivity index is 1.19. The fourth-order valence-corrected chi connectivity index (χ4v) is 5.94. The molecule has 11 heteroatoms. The summed E-state index contributed by atoms with van der Waals surface area (Å²) in [5, 5.41) is 11.3. The van der Waals surface area contributed by atoms with Gasteiger partial charge in [0.1, 0.15) is 5.82 Å². The highest BCUT2D eigenvalue weighted by molar-refractivity contribution is 9.10. The van der Waals surface area contributed by atoms with E-state index in [0.717, 1.165) is 32.7 Å². The average Bonchev–Trinajstić information content (AvgIpc) is 3.35. The molecule has 0 unspecified atom stereocenters. The lowest BCUT2D eigenvalue weighted by atomic mass is 10.1. The van der Waals surface area contributed by atoms with Crippen molar-refractivity contribution in [1.82, 2.24) is 19.9 Å². The number of benzene rings is 3. The third-order valence-corrected chi connectivity index (χ3v) is 8.89. The number of hydrogen-bond donors (Lipinski definition) is 2. The predicted molar refractivity (Wildman–Crippen MR) is 160 cm³/mol. The van der Waals surface area contributed by atoms with Crippen molar-refractivity contribution in [1.29, 1.82) is 0 Å². The van der Waals surface area contributed by atoms with Gasteiger partial charge in [-0.1, -0.05) is 72.3 Å². The third kappa shape index (κ3) is 6.52. The van der Waals surface area contributed by atoms with Crippen molar-refractivity contribution < 1.29 is 13.2 Å². The molecule has 0 spiro atoms. The third-order valence-electron chi connectivity index (χ3n) is 6.27. The molecule has 0 saturated heterocycles. The summed E-state index contributed by atoms with van der Waals surface area (Å²) in [7, 11) is -3.49. The molecule has 0 bridgehead atoms. The molecule has 8 nitrogen and oxygen atoms in total. The second-order valence-electron chi connectivity index (χ2n) is 9.06. The zero-order valence-electron chi connectivity index (χ0n) is 21.2. The van der Waals surface area contributed by atoms with Crippen LogP contribution >= 0.6 is 27.5 Å². The number of fused-ring (bicyclic) bond motifs is 1. The van der Waals surface area contributed by atoms with Crippen LogP contribution in [0.3, 0.4) is 0 Å². The zero-order chi connectivity index (χ0) is 28.1. The molecule has 3 aromatic carbocycles. The lowest BCUT2D eigenvalue weighted by molar-refractivity contribution is -0.120. The van der Waals surface area contributed by atoms with Gasteiger partial charge in [0.2, 0.25) is 5.91 Å². The second-order valence-corrected chi connectivity index (χ2v) is 12.4. The molecule has 0 aliphatic heterocycles. The van der Waals surface area contributed by atoms with Crippen LogP contribution in [0.25, 0.3) is 16.9 Å². The quantitative estimate of drug-likeness (QED) is 0.197. The van der Waals surface area contributed by atoms with Gasteiger partial charge in [-0.2, -0.15) is 9.61 Å². The predicted octanol–water partition coefficient (Wildman–Crippen LogP) is 5.90. The van der Waals surface area contributed by atoms with Gasteiger partial charge in [0.25, 0.3) is 0 Å². The number of nitrogens with one attached hydrogen (secondary N) is 2. The minimum Gasteiger partial charge on any atom is -0.366 e. The van der Waals surface area contributed by atoms with Gasteiger partial charge in [0, 0.05) is 36.2 Å². The Morgan fingerprint density at radius 1 is 0.925 bits per heavy atom. The van der Waals surface area contributed by atoms with E-state index in [2.05, 4.69) is 31.7 Å². The van der Waals surface area contributed by atoms with Crippen molar-refractivity contribution in [3.8, 4) is 11.3 Å². The molecular weight excluding hydrogens is 614 g/mol. The summed E-state index contributed by atoms with van der Waals surface area (Å²) in [6.45, 7) is 0.841. The maximum atomic E-state index is 12.4. The highest BCUT2D eigenvalue weighted by atomic mass is 79.9. The molecule has 204 valence electrons. The van der Waals surface area contributed by atoms with Crippen LogP contribution in [0.2, 0.25) is 5.02 Å². The first-order chi connectivity index (χ1) is 19.3. The van der Waals surface area contributed by atoms with E-state index in [0.29, 0.717) is 23.8 Å². The Hall–Kier alpha value is -3.73. The summed E-state index contributed by atoms with van der Waals surface area (Å²) in [5.41, 5.74) is 4.16. The van der Waals surface area contributed by atoms with E-state index < -0.39 is 9.84 Å². The van der Waals surface area contributed by atoms with E-state index in [1.165, 1.54) is 12.1 Å². The molecule has 2 N–H and O–H groups in total. The van der Waals surface area contributed by atoms with Crippen molar-refractivity contribution in [2.75, 3.05) is 11.1 Å². The number of sulfone groups is 1. The van der Waals surface area contributed by atoms with Crippen LogP contribution in [-0.2, 0) is 27.7 Å². The molecule has 5 aromatic rings. The number of nitrogens with zero attached hydrogens (tertiary/aromatic N) is 3. The highest BCUT2D eigenvalue weighted by Crippen LogP contribution is 2.30. The van der Waals surface area contributed by atoms with Gasteiger partial charge in [-0.15, -0.1) is 0 Å². The summed E-state index contributed by atoms with van der Waals surface area (Å²) in [5.74, 6) is 0.208. The number of rotatable bonds is 10. The summed E-state index contributed by atoms with van der Waals surface area (Å²) in [6.07, 6.45) is 1.60. The van der Waals surface area contributed by atoms with Crippen LogP contribution in [0, 0.1) is 0 Å². The summed E-state index contributed by atoms with van der Waals surface area (Å²) in [6, 6.07) is 25.4. The Morgan fingerprint density at radius 3 is 2.33 bits per heavy atom. The number of hydrogen-bond acceptors (Lipinski definition) is 6. The van der Waals surface area contributed by atoms with E-state index in [9.17, 15) is 13.2 Å². The summed E-state index contributed by atoms with van der Waals surface area (Å²) < 4.78 is 27.3. The lowest BCUT2D eigenvalue weighted by Gasteiger charge is -2.12. The number of amides is 1. The number of aromatic nitrogens is 3. The second kappa shape index (κ2) is 12.2. The van der Waals surface area contributed by atoms with Gasteiger partial charge in [0.05, 0.1) is 27.0 Å². The van der Waals surface area contributed by atoms with Crippen molar-refractivity contribution >= 4 is 54.7 Å². The molecule has 0 aliphatic carbocycles. The first kappa shape index (κ1) is 27.8. The standard InChI is InChI=1S/C29H25BrClN5O3S/c30-24-19-34-36-27(16-26(35-29(24)36)23-8-4-5-9-25(23)31)32-17-20-10-12-21(13-11-20)18-33-28(37)14-15-40(38,39)22-6-2-1-3-7-22/h1-13,16,19,32H,14-15,17-18H2,(H,33,37). The lowest BCUT2D eigenvalue weighted by Crippen LogP contribution is -2.25. The molecule has 1 amide bonds. The Bertz CT molecular complexity index is 1760. The zero-order valence-corrected chi connectivity index (χ0v) is 24.4. The van der Waals surface area contributed by atoms with Gasteiger partial charge in [-0.05, 0) is 45.3 Å². The minimum atomic E-state index is -3.49. The number of carbonyl (C=O) groups excluding carboxylic acids is 1. The van der Waals surface area contributed by atoms with Crippen LogP contribution in [0.5, 0.6) is 0 Å². The van der Waals surface area contributed by atoms with Crippen LogP contribution < -0.4 is 10.6 Å². The molecule has 2 aromatic heterocycles. The van der Waals surface area contributed by atoms with Crippen LogP contribution in [-0.4, -0.2) is 34.7 Å². The van der Waals surface area contributed by atoms with Gasteiger partial charge in [0.15, 0.2) is 15.5 Å². The molecule has 0 fully saturated rings. The van der Waals surface area contributed by atoms with Gasteiger partial charge in [-0.25, -0.2) is 13.4 Å². The first-order valence-corrected chi connectivity index (χ1v) is 15.3. The number of carbonyl (C=O) groups is 1. The van der Waals surface area contributed by atoms with E-state index in [1.807, 2.05) is 54.6 Å². The van der Waals surface area contributed by atoms with Crippen molar-refractivity contribution in [2.45, 2.75) is 24.4 Å². The maximum absolute atomic E-state index is 12.4. The van der Waals surface area contributed by atoms with Crippen molar-refractivity contribution in [3.63, 3.8) is 0 Å². The van der Waals surface area contributed by atoms with Gasteiger partial charge < -0.3 is 10.6 Å². The molecule has 40 heavy (non-hydrogen) atoms. The maximum Gasteiger partial charge on any atom is 0.221 e. The fraction of sp³-hybridized carbons (Fsp3) is 0.138. The van der Waals surface area contributed by atoms with E-state index in [-0.39, 0.29) is 23.0 Å². The molecule has 0 saturated carbocycles. The molecule has 2 heterocycles. The monoisotopic (exact) mass is 637 g/mol. The highest BCUT2D eigenvalue weighted by Gasteiger charge is 2.16. The molecule has 5 rings (SSSR count). The minimum absolute atomic E-state index is 0.0979. The van der Waals surface area contributed by atoms with Crippen LogP contribution in [0.4, 0.5) is 5.82 Å². The van der Waals surface area contributed by atoms with Crippen molar-refractivity contribution in [2.24, 2.45) is 0 Å². The first-order valence-electron chi connectivity index (χ1n) is 12.5. The summed E-state index contributed by atoms with van der Waals surface area (Å²) >= 11 is 9.94. The number of halogens is 2. The smallest absolute Gasteiger partial charge is 0.221 e. The Labute approximate surface area is 245 Å². The van der Waals surface area contributed by atoms with E-state index in [1.54, 1.807) is 28.9 Å². The molecular formula is C29H25BrClN5O3S. The normalized spacial score (nSPS) is 11.4. The molecule has 0 atom stereocenters. The number of anilines is 1. The Morgan fingerprint density at radius 2 is 1.60 bits per heavy atom. The van der Waals surface area contributed by atoms with E-state index in [4.69, 9.17) is 16.6 Å². The topological polar surface area (TPSA) is 105 Å². The average molecular weight is 639 g/mol. The summed E-state index contributed by atoms with van der Waals surface area (Å²) in [4.78, 5) is 17.2. The van der Waals surface area contributed by atoms with Crippen LogP contribution in [0.1, 0.15) is 17.5 Å². The van der Waals surface area contributed by atoms with E-state index >= 15 is 0 Å². The van der Waals surface area contributed by atoms with Crippen molar-refractivity contribution in [3.05, 3.63) is 112 Å². The van der Waals surface area contributed by atoms with Gasteiger partial charge >= 0.3 is 0 Å². The van der Waals surface area contributed by atoms with Crippen LogP contribution in [0.15, 0.2) is 100 Å². The molecule has 0 radical (unpaired) electrons. The largest absolute Gasteiger partial charge is 0.366 e.